The van der Waals surface area contributed by atoms with Crippen molar-refractivity contribution in [2.24, 2.45) is 0 Å². The van der Waals surface area contributed by atoms with Gasteiger partial charge in [0.15, 0.2) is 0 Å². The Hall–Kier alpha value is -1.85. The van der Waals surface area contributed by atoms with E-state index in [2.05, 4.69) is 6.07 Å². The van der Waals surface area contributed by atoms with Gasteiger partial charge in [0.1, 0.15) is 0 Å². The molecule has 0 bridgehead atoms. The van der Waals surface area contributed by atoms with E-state index in [4.69, 9.17) is 0 Å². The molecule has 2 aromatic rings. The third-order valence-electron chi connectivity index (χ3n) is 3.90. The summed E-state index contributed by atoms with van der Waals surface area (Å²) in [6.45, 7) is 9.38. The molecule has 2 aromatic carbocycles. The summed E-state index contributed by atoms with van der Waals surface area (Å²) in [6.07, 6.45) is 0. The molecule has 117 valence electrons. The molecule has 0 aliphatic heterocycles. The van der Waals surface area contributed by atoms with Gasteiger partial charge in [-0.1, -0.05) is 18.2 Å². The van der Waals surface area contributed by atoms with E-state index >= 15 is 0 Å². The molecule has 1 N–H and O–H groups in total. The van der Waals surface area contributed by atoms with Gasteiger partial charge in [0.25, 0.3) is 0 Å². The van der Waals surface area contributed by atoms with Crippen molar-refractivity contribution in [3.63, 3.8) is 0 Å². The average Bonchev–Trinajstić information content (AvgIpc) is 2.40. The van der Waals surface area contributed by atoms with Crippen molar-refractivity contribution in [1.29, 1.82) is 0 Å². The highest BCUT2D eigenvalue weighted by molar-refractivity contribution is 7.87. The lowest BCUT2D eigenvalue weighted by Gasteiger charge is -2.26. The Morgan fingerprint density at radius 2 is 1.55 bits per heavy atom. The van der Waals surface area contributed by atoms with Crippen LogP contribution in [0.4, 0.5) is 11.4 Å². The van der Waals surface area contributed by atoms with Gasteiger partial charge in [0, 0.05) is 6.07 Å². The first kappa shape index (κ1) is 16.5. The minimum absolute atomic E-state index is 0.304. The second-order valence-electron chi connectivity index (χ2n) is 5.57. The Morgan fingerprint density at radius 3 is 2.00 bits per heavy atom. The number of anilines is 2. The predicted octanol–water partition coefficient (Wildman–Crippen LogP) is 3.97. The summed E-state index contributed by atoms with van der Waals surface area (Å²) >= 11 is 0. The Labute approximate surface area is 132 Å². The lowest BCUT2D eigenvalue weighted by Crippen LogP contribution is -2.27. The van der Waals surface area contributed by atoms with Crippen molar-refractivity contribution in [2.45, 2.75) is 34.6 Å². The molecule has 0 saturated carbocycles. The third-order valence-corrected chi connectivity index (χ3v) is 4.75. The molecule has 4 nitrogen and oxygen atoms in total. The first-order valence-electron chi connectivity index (χ1n) is 6.97. The normalized spacial score (nSPS) is 11.5. The summed E-state index contributed by atoms with van der Waals surface area (Å²) in [5.41, 5.74) is 5.16. The van der Waals surface area contributed by atoms with Gasteiger partial charge in [0.05, 0.1) is 11.4 Å². The van der Waals surface area contributed by atoms with E-state index in [0.29, 0.717) is 11.4 Å². The van der Waals surface area contributed by atoms with E-state index in [9.17, 15) is 13.0 Å². The van der Waals surface area contributed by atoms with Gasteiger partial charge in [-0.25, -0.2) is 4.31 Å². The van der Waals surface area contributed by atoms with Crippen molar-refractivity contribution in [1.82, 2.24) is 0 Å². The maximum atomic E-state index is 12.0. The number of rotatable bonds is 3. The molecule has 1 radical (unpaired) electrons. The summed E-state index contributed by atoms with van der Waals surface area (Å²) in [6, 6.07) is 10.2. The van der Waals surface area contributed by atoms with Gasteiger partial charge < -0.3 is 0 Å². The first-order valence-corrected chi connectivity index (χ1v) is 8.36. The van der Waals surface area contributed by atoms with E-state index in [-0.39, 0.29) is 0 Å². The van der Waals surface area contributed by atoms with E-state index < -0.39 is 10.3 Å². The fourth-order valence-corrected chi connectivity index (χ4v) is 3.41. The van der Waals surface area contributed by atoms with E-state index in [1.165, 1.54) is 0 Å². The topological polar surface area (TPSA) is 57.6 Å². The summed E-state index contributed by atoms with van der Waals surface area (Å²) in [4.78, 5) is 0. The maximum Gasteiger partial charge on any atom is 0.364 e. The molecule has 0 saturated heterocycles. The van der Waals surface area contributed by atoms with Gasteiger partial charge in [-0.2, -0.15) is 8.42 Å². The van der Waals surface area contributed by atoms with Crippen molar-refractivity contribution in [3.05, 3.63) is 58.1 Å². The van der Waals surface area contributed by atoms with Crippen LogP contribution < -0.4 is 4.31 Å². The monoisotopic (exact) mass is 318 g/mol. The van der Waals surface area contributed by atoms with Gasteiger partial charge in [-0.05, 0) is 68.5 Å². The van der Waals surface area contributed by atoms with E-state index in [0.717, 1.165) is 32.1 Å². The molecule has 0 aliphatic carbocycles. The van der Waals surface area contributed by atoms with E-state index in [1.54, 1.807) is 12.1 Å². The molecule has 0 unspecified atom stereocenters. The van der Waals surface area contributed by atoms with Crippen LogP contribution in [-0.2, 0) is 10.3 Å². The summed E-state index contributed by atoms with van der Waals surface area (Å²) in [5, 5.41) is 0. The molecule has 0 fully saturated rings. The Morgan fingerprint density at radius 1 is 1.00 bits per heavy atom. The Balaban J connectivity index is 2.84. The smallest absolute Gasteiger partial charge is 0.269 e. The molecular weight excluding hydrogens is 298 g/mol. The fraction of sp³-hybridized carbons (Fsp3) is 0.294. The quantitative estimate of drug-likeness (QED) is 0.871. The predicted molar refractivity (Wildman–Crippen MR) is 89.1 cm³/mol. The molecule has 0 atom stereocenters. The molecule has 0 aromatic heterocycles. The van der Waals surface area contributed by atoms with Crippen molar-refractivity contribution < 1.29 is 13.0 Å². The molecule has 2 rings (SSSR count). The highest BCUT2D eigenvalue weighted by atomic mass is 32.2. The standard InChI is InChI=1S/C17H20NO3S/c1-11-7-6-8-16(9-11)18(22(19,20)21)17-14(4)12(2)10-13(3)15(17)5/h6-8,10H,1-5H3,(H,19,20,21). The van der Waals surface area contributed by atoms with Crippen LogP contribution in [0.3, 0.4) is 0 Å². The van der Waals surface area contributed by atoms with Crippen LogP contribution in [-0.4, -0.2) is 13.0 Å². The van der Waals surface area contributed by atoms with Crippen LogP contribution >= 0.6 is 0 Å². The van der Waals surface area contributed by atoms with Gasteiger partial charge in [0.2, 0.25) is 0 Å². The lowest BCUT2D eigenvalue weighted by atomic mass is 9.98. The van der Waals surface area contributed by atoms with Gasteiger partial charge in [-0.3, -0.25) is 4.55 Å². The van der Waals surface area contributed by atoms with Crippen molar-refractivity contribution in [3.8, 4) is 0 Å². The number of hydrogen-bond donors (Lipinski definition) is 1. The molecule has 0 amide bonds. The number of hydrogen-bond acceptors (Lipinski definition) is 2. The number of aryl methyl sites for hydroxylation is 3. The lowest BCUT2D eigenvalue weighted by molar-refractivity contribution is 0.483. The largest absolute Gasteiger partial charge is 0.364 e. The summed E-state index contributed by atoms with van der Waals surface area (Å²) in [5.74, 6) is 0. The second kappa shape index (κ2) is 5.74. The molecule has 0 heterocycles. The molecule has 0 aliphatic rings. The van der Waals surface area contributed by atoms with Crippen LogP contribution in [0.5, 0.6) is 0 Å². The maximum absolute atomic E-state index is 12.0. The SMILES string of the molecule is Cc1[c]c(N(c2c(C)c(C)cc(C)c2C)S(=O)(=O)O)ccc1. The van der Waals surface area contributed by atoms with Crippen molar-refractivity contribution in [2.75, 3.05) is 4.31 Å². The van der Waals surface area contributed by atoms with Crippen LogP contribution in [0.15, 0.2) is 24.3 Å². The van der Waals surface area contributed by atoms with Crippen LogP contribution in [0.2, 0.25) is 0 Å². The van der Waals surface area contributed by atoms with Crippen LogP contribution in [0.1, 0.15) is 27.8 Å². The highest BCUT2D eigenvalue weighted by Crippen LogP contribution is 2.36. The Kier molecular flexibility index (Phi) is 4.31. The zero-order valence-corrected chi connectivity index (χ0v) is 14.2. The molecular formula is C17H20NO3S. The minimum Gasteiger partial charge on any atom is -0.269 e. The molecule has 5 heteroatoms. The van der Waals surface area contributed by atoms with Crippen LogP contribution in [0, 0.1) is 40.7 Å². The molecule has 22 heavy (non-hydrogen) atoms. The van der Waals surface area contributed by atoms with Gasteiger partial charge in [-0.15, -0.1) is 0 Å². The third kappa shape index (κ3) is 3.00. The zero-order chi connectivity index (χ0) is 16.7. The summed E-state index contributed by atoms with van der Waals surface area (Å²) < 4.78 is 34.8. The Bertz CT molecular complexity index is 800. The number of nitrogens with zero attached hydrogens (tertiary/aromatic N) is 1. The average molecular weight is 318 g/mol. The number of benzene rings is 2. The van der Waals surface area contributed by atoms with Crippen molar-refractivity contribution >= 4 is 21.7 Å². The second-order valence-corrected chi connectivity index (χ2v) is 6.83. The highest BCUT2D eigenvalue weighted by Gasteiger charge is 2.26. The minimum atomic E-state index is -4.46. The fourth-order valence-electron chi connectivity index (χ4n) is 2.55. The zero-order valence-electron chi connectivity index (χ0n) is 13.4. The van der Waals surface area contributed by atoms with Crippen LogP contribution in [0.25, 0.3) is 0 Å². The first-order chi connectivity index (χ1) is 10.1. The van der Waals surface area contributed by atoms with Gasteiger partial charge >= 0.3 is 10.3 Å². The van der Waals surface area contributed by atoms with E-state index in [1.807, 2.05) is 46.8 Å². The molecule has 0 spiro atoms. The summed E-state index contributed by atoms with van der Waals surface area (Å²) in [7, 11) is -4.46.